The average molecular weight is 266 g/mol. The zero-order valence-electron chi connectivity index (χ0n) is 12.5. The van der Waals surface area contributed by atoms with Gasteiger partial charge in [0, 0.05) is 6.04 Å². The van der Waals surface area contributed by atoms with Crippen LogP contribution in [-0.2, 0) is 9.59 Å². The Kier molecular flexibility index (Phi) is 3.88. The fraction of sp³-hybridized carbons (Fsp3) is 0.867. The first-order chi connectivity index (χ1) is 8.89. The maximum absolute atomic E-state index is 12.9. The summed E-state index contributed by atoms with van der Waals surface area (Å²) in [6, 6.07) is -0.246. The third kappa shape index (κ3) is 2.37. The van der Waals surface area contributed by atoms with Crippen molar-refractivity contribution in [2.24, 2.45) is 5.92 Å². The molecule has 4 heteroatoms. The maximum atomic E-state index is 12.9. The second-order valence-electron chi connectivity index (χ2n) is 6.51. The van der Waals surface area contributed by atoms with Crippen molar-refractivity contribution >= 4 is 11.8 Å². The molecule has 4 nitrogen and oxygen atoms in total. The molecule has 1 aliphatic heterocycles. The van der Waals surface area contributed by atoms with Crippen LogP contribution < -0.4 is 5.32 Å². The van der Waals surface area contributed by atoms with Gasteiger partial charge >= 0.3 is 0 Å². The van der Waals surface area contributed by atoms with Crippen LogP contribution in [0.3, 0.4) is 0 Å². The minimum Gasteiger partial charge on any atom is -0.340 e. The van der Waals surface area contributed by atoms with E-state index >= 15 is 0 Å². The van der Waals surface area contributed by atoms with E-state index in [9.17, 15) is 9.59 Å². The topological polar surface area (TPSA) is 49.4 Å². The Bertz CT molecular complexity index is 372. The quantitative estimate of drug-likeness (QED) is 0.832. The molecule has 0 bridgehead atoms. The molecule has 0 aromatic carbocycles. The van der Waals surface area contributed by atoms with Gasteiger partial charge in [-0.05, 0) is 32.6 Å². The van der Waals surface area contributed by atoms with Crippen molar-refractivity contribution in [3.05, 3.63) is 0 Å². The largest absolute Gasteiger partial charge is 0.340 e. The van der Waals surface area contributed by atoms with Crippen molar-refractivity contribution < 1.29 is 9.59 Å². The van der Waals surface area contributed by atoms with Crippen molar-refractivity contribution in [2.75, 3.05) is 0 Å². The minimum absolute atomic E-state index is 0.00833. The van der Waals surface area contributed by atoms with Crippen LogP contribution in [0.5, 0.6) is 0 Å². The van der Waals surface area contributed by atoms with Crippen LogP contribution in [0.15, 0.2) is 0 Å². The van der Waals surface area contributed by atoms with Gasteiger partial charge in [-0.3, -0.25) is 9.59 Å². The molecule has 1 aliphatic carbocycles. The van der Waals surface area contributed by atoms with Crippen LogP contribution in [0.4, 0.5) is 0 Å². The fourth-order valence-corrected chi connectivity index (χ4v) is 3.30. The molecule has 2 amide bonds. The molecule has 1 heterocycles. The predicted molar refractivity (Wildman–Crippen MR) is 74.6 cm³/mol. The Morgan fingerprint density at radius 3 is 2.26 bits per heavy atom. The lowest BCUT2D eigenvalue weighted by Crippen LogP contribution is -2.72. The predicted octanol–water partition coefficient (Wildman–Crippen LogP) is 2.08. The van der Waals surface area contributed by atoms with Crippen LogP contribution in [0.2, 0.25) is 0 Å². The Hall–Kier alpha value is -1.06. The fourth-order valence-electron chi connectivity index (χ4n) is 3.30. The van der Waals surface area contributed by atoms with Crippen molar-refractivity contribution in [1.29, 1.82) is 0 Å². The van der Waals surface area contributed by atoms with Gasteiger partial charge in [0.05, 0.1) is 0 Å². The number of amides is 2. The van der Waals surface area contributed by atoms with E-state index in [2.05, 4.69) is 19.2 Å². The molecule has 1 saturated heterocycles. The van der Waals surface area contributed by atoms with Gasteiger partial charge in [0.25, 0.3) is 0 Å². The van der Waals surface area contributed by atoms with E-state index < -0.39 is 5.54 Å². The number of hydrogen-bond acceptors (Lipinski definition) is 2. The summed E-state index contributed by atoms with van der Waals surface area (Å²) >= 11 is 0. The van der Waals surface area contributed by atoms with E-state index in [0.29, 0.717) is 5.92 Å². The first kappa shape index (κ1) is 14.4. The Morgan fingerprint density at radius 1 is 1.16 bits per heavy atom. The average Bonchev–Trinajstić information content (AvgIpc) is 2.38. The van der Waals surface area contributed by atoms with Crippen molar-refractivity contribution in [2.45, 2.75) is 77.4 Å². The number of piperazine rings is 1. The van der Waals surface area contributed by atoms with Crippen LogP contribution in [0.25, 0.3) is 0 Å². The van der Waals surface area contributed by atoms with Gasteiger partial charge in [0.15, 0.2) is 0 Å². The first-order valence-electron chi connectivity index (χ1n) is 7.54. The SMILES string of the molecule is CC(C)C(C)N1C(=O)C2(CCCCC2)NC(=O)C1C. The molecule has 2 atom stereocenters. The second kappa shape index (κ2) is 5.14. The summed E-state index contributed by atoms with van der Waals surface area (Å²) < 4.78 is 0. The maximum Gasteiger partial charge on any atom is 0.249 e. The molecule has 2 rings (SSSR count). The van der Waals surface area contributed by atoms with Crippen molar-refractivity contribution in [3.63, 3.8) is 0 Å². The van der Waals surface area contributed by atoms with Gasteiger partial charge < -0.3 is 10.2 Å². The first-order valence-corrected chi connectivity index (χ1v) is 7.54. The molecule has 1 N–H and O–H groups in total. The molecule has 0 radical (unpaired) electrons. The smallest absolute Gasteiger partial charge is 0.249 e. The van der Waals surface area contributed by atoms with E-state index in [1.165, 1.54) is 6.42 Å². The lowest BCUT2D eigenvalue weighted by molar-refractivity contribution is -0.159. The standard InChI is InChI=1S/C15H26N2O2/c1-10(2)11(3)17-12(4)13(18)16-15(14(17)19)8-6-5-7-9-15/h10-12H,5-9H2,1-4H3,(H,16,18). The van der Waals surface area contributed by atoms with Crippen LogP contribution in [0.1, 0.15) is 59.8 Å². The van der Waals surface area contributed by atoms with E-state index in [1.807, 2.05) is 18.7 Å². The Balaban J connectivity index is 2.30. The molecule has 1 saturated carbocycles. The van der Waals surface area contributed by atoms with Crippen LogP contribution in [0, 0.1) is 5.92 Å². The number of nitrogens with zero attached hydrogens (tertiary/aromatic N) is 1. The molecular formula is C15H26N2O2. The molecule has 0 aromatic rings. The molecule has 2 unspecified atom stereocenters. The third-order valence-electron chi connectivity index (χ3n) is 4.91. The highest BCUT2D eigenvalue weighted by Crippen LogP contribution is 2.34. The van der Waals surface area contributed by atoms with Gasteiger partial charge in [-0.15, -0.1) is 0 Å². The summed E-state index contributed by atoms with van der Waals surface area (Å²) in [4.78, 5) is 27.0. The third-order valence-corrected chi connectivity index (χ3v) is 4.91. The summed E-state index contributed by atoms with van der Waals surface area (Å²) in [6.45, 7) is 8.09. The van der Waals surface area contributed by atoms with Gasteiger partial charge in [-0.2, -0.15) is 0 Å². The number of hydrogen-bond donors (Lipinski definition) is 1. The number of carbonyl (C=O) groups excluding carboxylic acids is 2. The van der Waals surface area contributed by atoms with E-state index in [-0.39, 0.29) is 23.9 Å². The highest BCUT2D eigenvalue weighted by atomic mass is 16.2. The van der Waals surface area contributed by atoms with Crippen molar-refractivity contribution in [3.8, 4) is 0 Å². The van der Waals surface area contributed by atoms with Gasteiger partial charge in [0.1, 0.15) is 11.6 Å². The van der Waals surface area contributed by atoms with Crippen LogP contribution in [-0.4, -0.2) is 34.3 Å². The molecular weight excluding hydrogens is 240 g/mol. The number of nitrogens with one attached hydrogen (secondary N) is 1. The summed E-state index contributed by atoms with van der Waals surface area (Å²) in [7, 11) is 0. The molecule has 2 aliphatic rings. The summed E-state index contributed by atoms with van der Waals surface area (Å²) in [5.41, 5.74) is -0.606. The lowest BCUT2D eigenvalue weighted by Gasteiger charge is -2.49. The highest BCUT2D eigenvalue weighted by molar-refractivity contribution is 5.99. The molecule has 19 heavy (non-hydrogen) atoms. The van der Waals surface area contributed by atoms with Gasteiger partial charge in [0.2, 0.25) is 11.8 Å². The lowest BCUT2D eigenvalue weighted by atomic mass is 9.78. The van der Waals surface area contributed by atoms with E-state index in [1.54, 1.807) is 0 Å². The van der Waals surface area contributed by atoms with Crippen molar-refractivity contribution in [1.82, 2.24) is 10.2 Å². The number of carbonyl (C=O) groups is 2. The van der Waals surface area contributed by atoms with E-state index in [0.717, 1.165) is 25.7 Å². The van der Waals surface area contributed by atoms with Crippen LogP contribution >= 0.6 is 0 Å². The molecule has 1 spiro atoms. The van der Waals surface area contributed by atoms with Gasteiger partial charge in [-0.25, -0.2) is 0 Å². The summed E-state index contributed by atoms with van der Waals surface area (Å²) in [6.07, 6.45) is 4.83. The molecule has 2 fully saturated rings. The monoisotopic (exact) mass is 266 g/mol. The minimum atomic E-state index is -0.606. The number of rotatable bonds is 2. The van der Waals surface area contributed by atoms with E-state index in [4.69, 9.17) is 0 Å². The summed E-state index contributed by atoms with van der Waals surface area (Å²) in [5, 5.41) is 3.02. The zero-order chi connectivity index (χ0) is 14.2. The zero-order valence-corrected chi connectivity index (χ0v) is 12.5. The Labute approximate surface area is 115 Å². The molecule has 0 aromatic heterocycles. The highest BCUT2D eigenvalue weighted by Gasteiger charge is 2.51. The normalized spacial score (nSPS) is 28.7. The van der Waals surface area contributed by atoms with Gasteiger partial charge in [-0.1, -0.05) is 33.1 Å². The molecule has 108 valence electrons. The Morgan fingerprint density at radius 2 is 1.74 bits per heavy atom. The second-order valence-corrected chi connectivity index (χ2v) is 6.51. The summed E-state index contributed by atoms with van der Waals surface area (Å²) in [5.74, 6) is 0.507.